The highest BCUT2D eigenvalue weighted by atomic mass is 32.2. The number of carboxylic acids is 1. The lowest BCUT2D eigenvalue weighted by atomic mass is 10.2. The first-order valence-electron chi connectivity index (χ1n) is 4.27. The Morgan fingerprint density at radius 1 is 1.50 bits per heavy atom. The third-order valence-corrected chi connectivity index (χ3v) is 2.41. The zero-order valence-electron chi connectivity index (χ0n) is 7.93. The Morgan fingerprint density at radius 3 is 2.64 bits per heavy atom. The smallest absolute Gasteiger partial charge is 0.326 e. The van der Waals surface area contributed by atoms with E-state index in [0.717, 1.165) is 5.69 Å². The number of anilines is 1. The largest absolute Gasteiger partial charge is 0.480 e. The number of para-hydroxylation sites is 1. The van der Waals surface area contributed by atoms with E-state index in [1.54, 1.807) is 0 Å². The van der Waals surface area contributed by atoms with Crippen LogP contribution in [-0.2, 0) is 4.79 Å². The van der Waals surface area contributed by atoms with Crippen LogP contribution in [0.3, 0.4) is 0 Å². The molecule has 1 aromatic rings. The van der Waals surface area contributed by atoms with E-state index in [4.69, 9.17) is 5.11 Å². The van der Waals surface area contributed by atoms with Gasteiger partial charge in [0, 0.05) is 11.4 Å². The number of carbonyl (C=O) groups is 1. The standard InChI is InChI=1S/C10H13NO2S/c1-14-7-9(10(12)13)11-8-5-3-2-4-6-8/h2-6,9,11H,7H2,1H3,(H,12,13). The van der Waals surface area contributed by atoms with Crippen molar-refractivity contribution in [3.8, 4) is 0 Å². The molecule has 0 fully saturated rings. The van der Waals surface area contributed by atoms with Gasteiger partial charge in [-0.15, -0.1) is 0 Å². The highest BCUT2D eigenvalue weighted by Gasteiger charge is 2.15. The molecule has 0 amide bonds. The molecule has 0 aliphatic carbocycles. The molecule has 1 aromatic carbocycles. The summed E-state index contributed by atoms with van der Waals surface area (Å²) >= 11 is 1.51. The number of rotatable bonds is 5. The fourth-order valence-electron chi connectivity index (χ4n) is 1.08. The maximum Gasteiger partial charge on any atom is 0.326 e. The topological polar surface area (TPSA) is 49.3 Å². The second kappa shape index (κ2) is 5.54. The number of nitrogens with one attached hydrogen (secondary N) is 1. The van der Waals surface area contributed by atoms with Gasteiger partial charge in [0.25, 0.3) is 0 Å². The van der Waals surface area contributed by atoms with Gasteiger partial charge in [-0.25, -0.2) is 4.79 Å². The molecule has 0 aliphatic rings. The number of thioether (sulfide) groups is 1. The van der Waals surface area contributed by atoms with Crippen LogP contribution in [0.15, 0.2) is 30.3 Å². The lowest BCUT2D eigenvalue weighted by Crippen LogP contribution is -2.31. The van der Waals surface area contributed by atoms with Gasteiger partial charge in [-0.1, -0.05) is 18.2 Å². The first-order valence-corrected chi connectivity index (χ1v) is 5.66. The van der Waals surface area contributed by atoms with E-state index in [2.05, 4.69) is 5.32 Å². The maximum atomic E-state index is 10.8. The number of hydrogen-bond donors (Lipinski definition) is 2. The van der Waals surface area contributed by atoms with Crippen LogP contribution in [0.25, 0.3) is 0 Å². The highest BCUT2D eigenvalue weighted by molar-refractivity contribution is 7.98. The minimum Gasteiger partial charge on any atom is -0.480 e. The van der Waals surface area contributed by atoms with Crippen LogP contribution in [0, 0.1) is 0 Å². The Hall–Kier alpha value is -1.16. The molecule has 1 atom stereocenters. The molecule has 0 heterocycles. The van der Waals surface area contributed by atoms with Crippen LogP contribution in [0.2, 0.25) is 0 Å². The molecule has 0 saturated carbocycles. The summed E-state index contributed by atoms with van der Waals surface area (Å²) in [6.45, 7) is 0. The van der Waals surface area contributed by atoms with E-state index < -0.39 is 12.0 Å². The third-order valence-electron chi connectivity index (χ3n) is 1.75. The van der Waals surface area contributed by atoms with E-state index in [9.17, 15) is 4.79 Å². The average molecular weight is 211 g/mol. The van der Waals surface area contributed by atoms with Crippen molar-refractivity contribution in [2.24, 2.45) is 0 Å². The van der Waals surface area contributed by atoms with Gasteiger partial charge < -0.3 is 10.4 Å². The van der Waals surface area contributed by atoms with E-state index in [-0.39, 0.29) is 0 Å². The molecule has 2 N–H and O–H groups in total. The molecule has 0 bridgehead atoms. The van der Waals surface area contributed by atoms with Gasteiger partial charge in [0.2, 0.25) is 0 Å². The normalized spacial score (nSPS) is 12.1. The van der Waals surface area contributed by atoms with E-state index in [1.165, 1.54) is 11.8 Å². The van der Waals surface area contributed by atoms with Crippen molar-refractivity contribution >= 4 is 23.4 Å². The minimum atomic E-state index is -0.816. The van der Waals surface area contributed by atoms with Gasteiger partial charge >= 0.3 is 5.97 Å². The van der Waals surface area contributed by atoms with Crippen molar-refractivity contribution in [1.82, 2.24) is 0 Å². The van der Waals surface area contributed by atoms with Crippen LogP contribution in [-0.4, -0.2) is 29.1 Å². The van der Waals surface area contributed by atoms with Gasteiger partial charge in [-0.2, -0.15) is 11.8 Å². The van der Waals surface area contributed by atoms with E-state index >= 15 is 0 Å². The molecule has 4 heteroatoms. The fourth-order valence-corrected chi connectivity index (χ4v) is 1.64. The molecule has 0 saturated heterocycles. The van der Waals surface area contributed by atoms with Crippen molar-refractivity contribution in [3.05, 3.63) is 30.3 Å². The van der Waals surface area contributed by atoms with Crippen LogP contribution < -0.4 is 5.32 Å². The molecule has 0 spiro atoms. The van der Waals surface area contributed by atoms with Gasteiger partial charge in [-0.05, 0) is 18.4 Å². The summed E-state index contributed by atoms with van der Waals surface area (Å²) in [5, 5.41) is 11.8. The Bertz CT molecular complexity index is 289. The van der Waals surface area contributed by atoms with Gasteiger partial charge in [-0.3, -0.25) is 0 Å². The number of benzene rings is 1. The molecular formula is C10H13NO2S. The van der Waals surface area contributed by atoms with Gasteiger partial charge in [0.1, 0.15) is 6.04 Å². The second-order valence-corrected chi connectivity index (χ2v) is 3.77. The molecule has 1 unspecified atom stereocenters. The Morgan fingerprint density at radius 2 is 2.14 bits per heavy atom. The zero-order chi connectivity index (χ0) is 10.4. The van der Waals surface area contributed by atoms with Crippen molar-refractivity contribution < 1.29 is 9.90 Å². The SMILES string of the molecule is CSCC(Nc1ccccc1)C(=O)O. The predicted molar refractivity (Wildman–Crippen MR) is 59.9 cm³/mol. The maximum absolute atomic E-state index is 10.8. The monoisotopic (exact) mass is 211 g/mol. The highest BCUT2D eigenvalue weighted by Crippen LogP contribution is 2.09. The molecule has 3 nitrogen and oxygen atoms in total. The molecular weight excluding hydrogens is 198 g/mol. The Labute approximate surface area is 87.5 Å². The van der Waals surface area contributed by atoms with E-state index in [1.807, 2.05) is 36.6 Å². The van der Waals surface area contributed by atoms with Crippen molar-refractivity contribution in [1.29, 1.82) is 0 Å². The summed E-state index contributed by atoms with van der Waals surface area (Å²) in [6, 6.07) is 8.84. The summed E-state index contributed by atoms with van der Waals surface area (Å²) in [5.41, 5.74) is 0.842. The average Bonchev–Trinajstić information content (AvgIpc) is 2.18. The van der Waals surface area contributed by atoms with Gasteiger partial charge in [0.15, 0.2) is 0 Å². The van der Waals surface area contributed by atoms with Crippen LogP contribution in [0.4, 0.5) is 5.69 Å². The summed E-state index contributed by atoms with van der Waals surface area (Å²) in [6.07, 6.45) is 1.89. The van der Waals surface area contributed by atoms with Crippen LogP contribution in [0.5, 0.6) is 0 Å². The minimum absolute atomic E-state index is 0.521. The lowest BCUT2D eigenvalue weighted by molar-refractivity contribution is -0.137. The Balaban J connectivity index is 2.60. The zero-order valence-corrected chi connectivity index (χ0v) is 8.75. The molecule has 76 valence electrons. The second-order valence-electron chi connectivity index (χ2n) is 2.86. The molecule has 0 aromatic heterocycles. The predicted octanol–water partition coefficient (Wildman–Crippen LogP) is 1.91. The van der Waals surface area contributed by atoms with Crippen molar-refractivity contribution in [3.63, 3.8) is 0 Å². The summed E-state index contributed by atoms with van der Waals surface area (Å²) in [7, 11) is 0. The first kappa shape index (κ1) is 10.9. The third kappa shape index (κ3) is 3.30. The summed E-state index contributed by atoms with van der Waals surface area (Å²) < 4.78 is 0. The van der Waals surface area contributed by atoms with Crippen LogP contribution in [0.1, 0.15) is 0 Å². The quantitative estimate of drug-likeness (QED) is 0.781. The fraction of sp³-hybridized carbons (Fsp3) is 0.300. The molecule has 0 aliphatic heterocycles. The summed E-state index contributed by atoms with van der Waals surface area (Å²) in [4.78, 5) is 10.8. The van der Waals surface area contributed by atoms with Crippen molar-refractivity contribution in [2.75, 3.05) is 17.3 Å². The summed E-state index contributed by atoms with van der Waals surface area (Å²) in [5.74, 6) is -0.257. The van der Waals surface area contributed by atoms with E-state index in [0.29, 0.717) is 5.75 Å². The number of aliphatic carboxylic acids is 1. The van der Waals surface area contributed by atoms with Crippen molar-refractivity contribution in [2.45, 2.75) is 6.04 Å². The Kier molecular flexibility index (Phi) is 4.32. The molecule has 0 radical (unpaired) electrons. The number of carboxylic acid groups (broad SMARTS) is 1. The molecule has 14 heavy (non-hydrogen) atoms. The first-order chi connectivity index (χ1) is 6.74. The van der Waals surface area contributed by atoms with Gasteiger partial charge in [0.05, 0.1) is 0 Å². The lowest BCUT2D eigenvalue weighted by Gasteiger charge is -2.14. The number of hydrogen-bond acceptors (Lipinski definition) is 3. The van der Waals surface area contributed by atoms with Crippen LogP contribution >= 0.6 is 11.8 Å². The molecule has 1 rings (SSSR count).